The summed E-state index contributed by atoms with van der Waals surface area (Å²) >= 11 is 5.96. The number of anilines is 1. The maximum absolute atomic E-state index is 5.96. The van der Waals surface area contributed by atoms with Gasteiger partial charge in [0.05, 0.1) is 19.1 Å². The average molecular weight is 231 g/mol. The summed E-state index contributed by atoms with van der Waals surface area (Å²) in [6.45, 7) is 1.12. The van der Waals surface area contributed by atoms with Gasteiger partial charge >= 0.3 is 0 Å². The molecule has 15 heavy (non-hydrogen) atoms. The van der Waals surface area contributed by atoms with Crippen molar-refractivity contribution in [2.75, 3.05) is 32.7 Å². The molecule has 0 aliphatic heterocycles. The van der Waals surface area contributed by atoms with Crippen molar-refractivity contribution in [2.45, 2.75) is 5.38 Å². The monoisotopic (exact) mass is 230 g/mol. The van der Waals surface area contributed by atoms with Crippen LogP contribution < -0.4 is 10.1 Å². The van der Waals surface area contributed by atoms with E-state index in [4.69, 9.17) is 21.1 Å². The van der Waals surface area contributed by atoms with E-state index in [1.807, 2.05) is 12.1 Å². The number of alkyl halides is 1. The third-order valence-corrected chi connectivity index (χ3v) is 2.07. The van der Waals surface area contributed by atoms with Crippen molar-refractivity contribution in [1.82, 2.24) is 4.98 Å². The molecule has 0 spiro atoms. The summed E-state index contributed by atoms with van der Waals surface area (Å²) in [5.74, 6) is 1.33. The smallest absolute Gasteiger partial charge is 0.214 e. The molecule has 0 saturated heterocycles. The highest BCUT2D eigenvalue weighted by Crippen LogP contribution is 2.11. The molecule has 1 aromatic rings. The number of hydrogen-bond donors (Lipinski definition) is 1. The van der Waals surface area contributed by atoms with Gasteiger partial charge in [-0.3, -0.25) is 0 Å². The number of methoxy groups -OCH3 is 2. The molecule has 0 aromatic carbocycles. The Kier molecular flexibility index (Phi) is 5.21. The van der Waals surface area contributed by atoms with Crippen LogP contribution in [0.15, 0.2) is 18.2 Å². The molecule has 1 rings (SSSR count). The molecule has 0 radical (unpaired) electrons. The van der Waals surface area contributed by atoms with Gasteiger partial charge in [-0.2, -0.15) is 4.98 Å². The van der Waals surface area contributed by atoms with Crippen molar-refractivity contribution < 1.29 is 9.47 Å². The molecule has 0 amide bonds. The van der Waals surface area contributed by atoms with E-state index in [-0.39, 0.29) is 5.38 Å². The highest BCUT2D eigenvalue weighted by molar-refractivity contribution is 6.21. The maximum atomic E-state index is 5.96. The Morgan fingerprint density at radius 2 is 2.27 bits per heavy atom. The fourth-order valence-corrected chi connectivity index (χ4v) is 1.29. The van der Waals surface area contributed by atoms with Gasteiger partial charge < -0.3 is 14.8 Å². The van der Waals surface area contributed by atoms with E-state index < -0.39 is 0 Å². The van der Waals surface area contributed by atoms with E-state index in [0.29, 0.717) is 19.0 Å². The SMILES string of the molecule is COCC(Cl)CNc1cccc(OC)n1. The molecule has 0 bridgehead atoms. The molecule has 1 heterocycles. The number of halogens is 1. The predicted molar refractivity (Wildman–Crippen MR) is 60.8 cm³/mol. The van der Waals surface area contributed by atoms with Crippen molar-refractivity contribution >= 4 is 17.4 Å². The quantitative estimate of drug-likeness (QED) is 0.757. The third kappa shape index (κ3) is 4.36. The second kappa shape index (κ2) is 6.48. The zero-order chi connectivity index (χ0) is 11.1. The van der Waals surface area contributed by atoms with Gasteiger partial charge in [0, 0.05) is 19.7 Å². The maximum Gasteiger partial charge on any atom is 0.214 e. The second-order valence-electron chi connectivity index (χ2n) is 3.00. The normalized spacial score (nSPS) is 12.2. The number of nitrogens with one attached hydrogen (secondary N) is 1. The van der Waals surface area contributed by atoms with E-state index in [1.165, 1.54) is 0 Å². The Morgan fingerprint density at radius 3 is 2.93 bits per heavy atom. The van der Waals surface area contributed by atoms with Crippen molar-refractivity contribution in [2.24, 2.45) is 0 Å². The first-order valence-electron chi connectivity index (χ1n) is 4.64. The molecule has 1 unspecified atom stereocenters. The van der Waals surface area contributed by atoms with E-state index in [9.17, 15) is 0 Å². The van der Waals surface area contributed by atoms with Crippen LogP contribution in [0.25, 0.3) is 0 Å². The van der Waals surface area contributed by atoms with Crippen molar-refractivity contribution in [3.63, 3.8) is 0 Å². The Bertz CT molecular complexity index is 297. The summed E-state index contributed by atoms with van der Waals surface area (Å²) in [6.07, 6.45) is 0. The van der Waals surface area contributed by atoms with Crippen LogP contribution in [0, 0.1) is 0 Å². The first-order chi connectivity index (χ1) is 7.26. The molecule has 0 saturated carbocycles. The average Bonchev–Trinajstić information content (AvgIpc) is 2.27. The van der Waals surface area contributed by atoms with Crippen molar-refractivity contribution in [1.29, 1.82) is 0 Å². The number of nitrogens with zero attached hydrogens (tertiary/aromatic N) is 1. The zero-order valence-corrected chi connectivity index (χ0v) is 9.62. The fraction of sp³-hybridized carbons (Fsp3) is 0.500. The number of ether oxygens (including phenoxy) is 2. The van der Waals surface area contributed by atoms with Gasteiger partial charge in [-0.05, 0) is 6.07 Å². The molecular formula is C10H15ClN2O2. The lowest BCUT2D eigenvalue weighted by Crippen LogP contribution is -2.19. The van der Waals surface area contributed by atoms with E-state index in [0.717, 1.165) is 5.82 Å². The predicted octanol–water partition coefficient (Wildman–Crippen LogP) is 1.76. The first-order valence-corrected chi connectivity index (χ1v) is 5.08. The lowest BCUT2D eigenvalue weighted by atomic mass is 10.4. The molecular weight excluding hydrogens is 216 g/mol. The van der Waals surface area contributed by atoms with Crippen LogP contribution in [0.3, 0.4) is 0 Å². The molecule has 4 nitrogen and oxygen atoms in total. The third-order valence-electron chi connectivity index (χ3n) is 1.78. The van der Waals surface area contributed by atoms with Gasteiger partial charge in [0.15, 0.2) is 0 Å². The minimum Gasteiger partial charge on any atom is -0.481 e. The topological polar surface area (TPSA) is 43.4 Å². The summed E-state index contributed by atoms with van der Waals surface area (Å²) < 4.78 is 9.92. The van der Waals surface area contributed by atoms with E-state index in [1.54, 1.807) is 20.3 Å². The Balaban J connectivity index is 2.43. The fourth-order valence-electron chi connectivity index (χ4n) is 1.08. The second-order valence-corrected chi connectivity index (χ2v) is 3.62. The van der Waals surface area contributed by atoms with Gasteiger partial charge in [-0.15, -0.1) is 11.6 Å². The summed E-state index contributed by atoms with van der Waals surface area (Å²) in [5.41, 5.74) is 0. The van der Waals surface area contributed by atoms with Crippen LogP contribution in [0.2, 0.25) is 0 Å². The summed E-state index contributed by atoms with van der Waals surface area (Å²) in [6, 6.07) is 5.52. The number of rotatable bonds is 6. The van der Waals surface area contributed by atoms with Crippen LogP contribution >= 0.6 is 11.6 Å². The molecule has 5 heteroatoms. The van der Waals surface area contributed by atoms with Gasteiger partial charge in [-0.1, -0.05) is 6.07 Å². The Morgan fingerprint density at radius 1 is 1.47 bits per heavy atom. The lowest BCUT2D eigenvalue weighted by molar-refractivity contribution is 0.200. The van der Waals surface area contributed by atoms with Gasteiger partial charge in [-0.25, -0.2) is 0 Å². The Hall–Kier alpha value is -1.00. The van der Waals surface area contributed by atoms with Crippen molar-refractivity contribution in [3.8, 4) is 5.88 Å². The van der Waals surface area contributed by atoms with Crippen LogP contribution in [-0.4, -0.2) is 37.7 Å². The minimum absolute atomic E-state index is 0.0667. The van der Waals surface area contributed by atoms with Crippen LogP contribution in [0.4, 0.5) is 5.82 Å². The molecule has 1 aromatic heterocycles. The summed E-state index contributed by atoms with van der Waals surface area (Å²) in [7, 11) is 3.21. The van der Waals surface area contributed by atoms with Gasteiger partial charge in [0.1, 0.15) is 5.82 Å². The highest BCUT2D eigenvalue weighted by atomic mass is 35.5. The summed E-state index contributed by atoms with van der Waals surface area (Å²) in [5, 5.41) is 3.03. The first kappa shape index (κ1) is 12.1. The molecule has 0 aliphatic rings. The standard InChI is InChI=1S/C10H15ClN2O2/c1-14-7-8(11)6-12-9-4-3-5-10(13-9)15-2/h3-5,8H,6-7H2,1-2H3,(H,12,13). The zero-order valence-electron chi connectivity index (χ0n) is 8.87. The minimum atomic E-state index is -0.0667. The Labute approximate surface area is 94.6 Å². The van der Waals surface area contributed by atoms with Gasteiger partial charge in [0.25, 0.3) is 0 Å². The summed E-state index contributed by atoms with van der Waals surface area (Å²) in [4.78, 5) is 4.19. The van der Waals surface area contributed by atoms with Gasteiger partial charge in [0.2, 0.25) is 5.88 Å². The molecule has 1 N–H and O–H groups in total. The van der Waals surface area contributed by atoms with Crippen LogP contribution in [-0.2, 0) is 4.74 Å². The number of hydrogen-bond acceptors (Lipinski definition) is 4. The largest absolute Gasteiger partial charge is 0.481 e. The molecule has 0 fully saturated rings. The lowest BCUT2D eigenvalue weighted by Gasteiger charge is -2.10. The molecule has 84 valence electrons. The van der Waals surface area contributed by atoms with Crippen LogP contribution in [0.5, 0.6) is 5.88 Å². The van der Waals surface area contributed by atoms with Crippen molar-refractivity contribution in [3.05, 3.63) is 18.2 Å². The van der Waals surface area contributed by atoms with E-state index >= 15 is 0 Å². The number of aromatic nitrogens is 1. The van der Waals surface area contributed by atoms with E-state index in [2.05, 4.69) is 10.3 Å². The highest BCUT2D eigenvalue weighted by Gasteiger charge is 2.04. The molecule has 1 atom stereocenters. The number of pyridine rings is 1. The van der Waals surface area contributed by atoms with Crippen LogP contribution in [0.1, 0.15) is 0 Å². The molecule has 0 aliphatic carbocycles.